The van der Waals surface area contributed by atoms with Crippen LogP contribution in [0, 0.1) is 5.82 Å². The minimum atomic E-state index is -3.70. The molecule has 2 aromatic carbocycles. The molecular formula is C36H45FN6O4S2. The maximum atomic E-state index is 16.0. The summed E-state index contributed by atoms with van der Waals surface area (Å²) in [5.41, 5.74) is 2.13. The van der Waals surface area contributed by atoms with E-state index in [1.165, 1.54) is 17.4 Å². The van der Waals surface area contributed by atoms with Gasteiger partial charge in [0.15, 0.2) is 5.82 Å². The van der Waals surface area contributed by atoms with Gasteiger partial charge in [-0.05, 0) is 81.8 Å². The van der Waals surface area contributed by atoms with Crippen molar-refractivity contribution in [3.8, 4) is 21.8 Å². The molecule has 1 saturated heterocycles. The number of halogens is 1. The topological polar surface area (TPSA) is 126 Å². The highest BCUT2D eigenvalue weighted by Crippen LogP contribution is 2.42. The Morgan fingerprint density at radius 2 is 1.76 bits per heavy atom. The van der Waals surface area contributed by atoms with Gasteiger partial charge < -0.3 is 15.0 Å². The molecule has 4 aromatic rings. The average molecular weight is 709 g/mol. The van der Waals surface area contributed by atoms with E-state index in [1.807, 2.05) is 53.7 Å². The Balaban J connectivity index is 1.39. The van der Waals surface area contributed by atoms with Crippen LogP contribution in [-0.2, 0) is 20.2 Å². The molecule has 1 fully saturated rings. The highest BCUT2D eigenvalue weighted by atomic mass is 32.2. The molecule has 2 aromatic heterocycles. The lowest BCUT2D eigenvalue weighted by Crippen LogP contribution is -2.41. The number of hydrogen-bond acceptors (Lipinski definition) is 9. The van der Waals surface area contributed by atoms with E-state index >= 15 is 4.39 Å². The Bertz CT molecular complexity index is 1910. The van der Waals surface area contributed by atoms with E-state index in [1.54, 1.807) is 36.2 Å². The van der Waals surface area contributed by atoms with Gasteiger partial charge in [-0.2, -0.15) is 0 Å². The second-order valence-electron chi connectivity index (χ2n) is 14.3. The van der Waals surface area contributed by atoms with E-state index in [0.29, 0.717) is 47.6 Å². The van der Waals surface area contributed by atoms with E-state index in [-0.39, 0.29) is 28.5 Å². The van der Waals surface area contributed by atoms with Crippen LogP contribution in [-0.4, -0.2) is 58.8 Å². The third-order valence-corrected chi connectivity index (χ3v) is 10.9. The fraction of sp³-hybridized carbons (Fsp3) is 0.444. The van der Waals surface area contributed by atoms with Crippen LogP contribution < -0.4 is 10.0 Å². The van der Waals surface area contributed by atoms with Crippen molar-refractivity contribution in [1.29, 1.82) is 0 Å². The third kappa shape index (κ3) is 9.13. The number of rotatable bonds is 9. The van der Waals surface area contributed by atoms with Gasteiger partial charge in [0.05, 0.1) is 32.7 Å². The van der Waals surface area contributed by atoms with E-state index in [0.717, 1.165) is 29.1 Å². The highest BCUT2D eigenvalue weighted by molar-refractivity contribution is 7.92. The van der Waals surface area contributed by atoms with Crippen LogP contribution in [0.25, 0.3) is 21.8 Å². The lowest BCUT2D eigenvalue weighted by molar-refractivity contribution is 0.0205. The van der Waals surface area contributed by atoms with Crippen molar-refractivity contribution < 1.29 is 22.3 Å². The molecule has 3 heterocycles. The molecule has 0 spiro atoms. The highest BCUT2D eigenvalue weighted by Gasteiger charge is 2.29. The first kappa shape index (κ1) is 36.2. The fourth-order valence-corrected chi connectivity index (χ4v) is 7.78. The van der Waals surface area contributed by atoms with Crippen LogP contribution in [0.15, 0.2) is 54.7 Å². The molecule has 0 saturated carbocycles. The first-order valence-electron chi connectivity index (χ1n) is 16.5. The molecule has 10 nitrogen and oxygen atoms in total. The third-order valence-electron chi connectivity index (χ3n) is 7.91. The number of aromatic nitrogens is 3. The summed E-state index contributed by atoms with van der Waals surface area (Å²) in [4.78, 5) is 29.1. The van der Waals surface area contributed by atoms with Gasteiger partial charge in [-0.25, -0.2) is 32.6 Å². The van der Waals surface area contributed by atoms with Gasteiger partial charge in [-0.3, -0.25) is 4.72 Å². The summed E-state index contributed by atoms with van der Waals surface area (Å²) in [7, 11) is -3.70. The van der Waals surface area contributed by atoms with Gasteiger partial charge in [0, 0.05) is 36.0 Å². The Kier molecular flexibility index (Phi) is 10.6. The number of likely N-dealkylation sites (tertiary alicyclic amines) is 1. The number of nitrogens with zero attached hydrogens (tertiary/aromatic N) is 4. The predicted octanol–water partition coefficient (Wildman–Crippen LogP) is 8.71. The summed E-state index contributed by atoms with van der Waals surface area (Å²) in [6, 6.07) is 14.5. The summed E-state index contributed by atoms with van der Waals surface area (Å²) in [5.74, 6) is -0.150. The van der Waals surface area contributed by atoms with Gasteiger partial charge in [0.1, 0.15) is 5.60 Å². The SMILES string of the molecule is CCCS(=O)(=O)Nc1cccc(-c2nc(C(C)(C)C)sc2-c2ccnc(Nc3cccc(C4CCN(C(=O)OC(C)(C)C)CC4)c3)n2)c1F. The van der Waals surface area contributed by atoms with E-state index < -0.39 is 21.4 Å². The lowest BCUT2D eigenvalue weighted by atomic mass is 9.89. The van der Waals surface area contributed by atoms with Crippen molar-refractivity contribution in [2.24, 2.45) is 0 Å². The molecule has 13 heteroatoms. The summed E-state index contributed by atoms with van der Waals surface area (Å²) in [6.07, 6.45) is 3.44. The number of benzene rings is 2. The van der Waals surface area contributed by atoms with Gasteiger partial charge in [0.25, 0.3) is 0 Å². The molecular weight excluding hydrogens is 664 g/mol. The second-order valence-corrected chi connectivity index (χ2v) is 17.1. The normalized spacial score (nSPS) is 14.5. The minimum absolute atomic E-state index is 0.111. The summed E-state index contributed by atoms with van der Waals surface area (Å²) < 4.78 is 48.9. The molecule has 0 atom stereocenters. The average Bonchev–Trinajstić information content (AvgIpc) is 3.48. The van der Waals surface area contributed by atoms with Crippen molar-refractivity contribution >= 4 is 44.8 Å². The van der Waals surface area contributed by atoms with Crippen LogP contribution in [0.4, 0.5) is 26.5 Å². The monoisotopic (exact) mass is 708 g/mol. The number of piperidine rings is 1. The standard InChI is InChI=1S/C36H45FN6O4S2/c1-8-21-49(45,46)42-27-14-10-13-26(29(27)37)30-31(48-32(41-30)35(2,3)4)28-15-18-38-33(40-28)39-25-12-9-11-24(22-25)23-16-19-43(20-17-23)34(44)47-36(5,6)7/h9-15,18,22-23,42H,8,16-17,19-21H2,1-7H3,(H,38,39,40). The molecule has 2 N–H and O–H groups in total. The quantitative estimate of drug-likeness (QED) is 0.177. The number of amides is 1. The number of hydrogen-bond donors (Lipinski definition) is 2. The lowest BCUT2D eigenvalue weighted by Gasteiger charge is -2.33. The Labute approximate surface area is 292 Å². The van der Waals surface area contributed by atoms with Crippen LogP contribution in [0.1, 0.15) is 84.2 Å². The first-order valence-corrected chi connectivity index (χ1v) is 19.0. The molecule has 1 aliphatic rings. The Hall–Kier alpha value is -4.10. The summed E-state index contributed by atoms with van der Waals surface area (Å²) in [5, 5.41) is 4.11. The minimum Gasteiger partial charge on any atom is -0.444 e. The van der Waals surface area contributed by atoms with E-state index in [4.69, 9.17) is 14.7 Å². The van der Waals surface area contributed by atoms with Crippen molar-refractivity contribution in [1.82, 2.24) is 19.9 Å². The largest absolute Gasteiger partial charge is 0.444 e. The first-order chi connectivity index (χ1) is 23.0. The van der Waals surface area contributed by atoms with Gasteiger partial charge in [-0.15, -0.1) is 11.3 Å². The zero-order valence-electron chi connectivity index (χ0n) is 29.1. The number of thiazole rings is 1. The smallest absolute Gasteiger partial charge is 0.410 e. The number of ether oxygens (including phenoxy) is 1. The van der Waals surface area contributed by atoms with Crippen molar-refractivity contribution in [3.63, 3.8) is 0 Å². The summed E-state index contributed by atoms with van der Waals surface area (Å²) in [6.45, 7) is 14.7. The molecule has 49 heavy (non-hydrogen) atoms. The number of carbonyl (C=O) groups is 1. The van der Waals surface area contributed by atoms with E-state index in [2.05, 4.69) is 27.2 Å². The predicted molar refractivity (Wildman–Crippen MR) is 194 cm³/mol. The van der Waals surface area contributed by atoms with E-state index in [9.17, 15) is 13.2 Å². The number of nitrogens with one attached hydrogen (secondary N) is 2. The molecule has 0 radical (unpaired) electrons. The van der Waals surface area contributed by atoms with Crippen LogP contribution in [0.3, 0.4) is 0 Å². The summed E-state index contributed by atoms with van der Waals surface area (Å²) >= 11 is 1.42. The molecule has 0 unspecified atom stereocenters. The maximum absolute atomic E-state index is 16.0. The molecule has 0 aliphatic carbocycles. The Morgan fingerprint density at radius 1 is 1.04 bits per heavy atom. The zero-order valence-corrected chi connectivity index (χ0v) is 30.8. The zero-order chi connectivity index (χ0) is 35.6. The second kappa shape index (κ2) is 14.4. The number of carbonyl (C=O) groups excluding carboxylic acids is 1. The van der Waals surface area contributed by atoms with Gasteiger partial charge in [-0.1, -0.05) is 45.9 Å². The Morgan fingerprint density at radius 3 is 2.43 bits per heavy atom. The molecule has 0 bridgehead atoms. The molecule has 1 aliphatic heterocycles. The van der Waals surface area contributed by atoms with Crippen molar-refractivity contribution in [2.75, 3.05) is 28.9 Å². The van der Waals surface area contributed by atoms with Gasteiger partial charge in [0.2, 0.25) is 16.0 Å². The van der Waals surface area contributed by atoms with Crippen molar-refractivity contribution in [2.45, 2.75) is 84.7 Å². The maximum Gasteiger partial charge on any atom is 0.410 e. The van der Waals surface area contributed by atoms with Crippen LogP contribution in [0.2, 0.25) is 0 Å². The molecule has 5 rings (SSSR count). The van der Waals surface area contributed by atoms with Gasteiger partial charge >= 0.3 is 6.09 Å². The van der Waals surface area contributed by atoms with Crippen LogP contribution in [0.5, 0.6) is 0 Å². The van der Waals surface area contributed by atoms with Crippen LogP contribution >= 0.6 is 11.3 Å². The number of anilines is 3. The number of sulfonamides is 1. The fourth-order valence-electron chi connectivity index (χ4n) is 5.54. The molecule has 1 amide bonds. The molecule has 262 valence electrons. The van der Waals surface area contributed by atoms with Crippen molar-refractivity contribution in [3.05, 3.63) is 71.1 Å².